The summed E-state index contributed by atoms with van der Waals surface area (Å²) in [5.41, 5.74) is 2.10. The highest BCUT2D eigenvalue weighted by Crippen LogP contribution is 2.19. The number of piperidine rings is 1. The second-order valence-electron chi connectivity index (χ2n) is 5.87. The summed E-state index contributed by atoms with van der Waals surface area (Å²) in [4.78, 5) is 14.2. The van der Waals surface area contributed by atoms with Crippen LogP contribution in [0.1, 0.15) is 51.6 Å². The van der Waals surface area contributed by atoms with Gasteiger partial charge >= 0.3 is 6.03 Å². The summed E-state index contributed by atoms with van der Waals surface area (Å²) in [6, 6.07) is 8.81. The molecule has 2 amide bonds. The van der Waals surface area contributed by atoms with E-state index in [0.29, 0.717) is 12.1 Å². The Morgan fingerprint density at radius 3 is 2.67 bits per heavy atom. The van der Waals surface area contributed by atoms with E-state index in [0.717, 1.165) is 31.6 Å². The Balaban J connectivity index is 1.95. The first-order valence-electron chi connectivity index (χ1n) is 8.02. The maximum Gasteiger partial charge on any atom is 0.322 e. The maximum atomic E-state index is 12.3. The average molecular weight is 289 g/mol. The number of likely N-dealkylation sites (tertiary alicyclic amines) is 1. The predicted molar refractivity (Wildman–Crippen MR) is 87.6 cm³/mol. The van der Waals surface area contributed by atoms with Crippen molar-refractivity contribution >= 4 is 11.7 Å². The lowest BCUT2D eigenvalue weighted by Crippen LogP contribution is -2.44. The molecule has 0 aliphatic carbocycles. The van der Waals surface area contributed by atoms with Crippen molar-refractivity contribution < 1.29 is 4.79 Å². The zero-order chi connectivity index (χ0) is 15.2. The lowest BCUT2D eigenvalue weighted by Gasteiger charge is -2.33. The van der Waals surface area contributed by atoms with E-state index in [9.17, 15) is 4.79 Å². The van der Waals surface area contributed by atoms with Gasteiger partial charge in [0.25, 0.3) is 0 Å². The van der Waals surface area contributed by atoms with Gasteiger partial charge in [-0.1, -0.05) is 19.1 Å². The number of anilines is 1. The van der Waals surface area contributed by atoms with Crippen molar-refractivity contribution in [3.8, 4) is 0 Å². The summed E-state index contributed by atoms with van der Waals surface area (Å²) >= 11 is 0. The van der Waals surface area contributed by atoms with Gasteiger partial charge in [-0.2, -0.15) is 0 Å². The lowest BCUT2D eigenvalue weighted by molar-refractivity contribution is 0.170. The number of urea groups is 1. The Bertz CT molecular complexity index is 458. The van der Waals surface area contributed by atoms with Crippen LogP contribution in [0.25, 0.3) is 0 Å². The molecule has 4 nitrogen and oxygen atoms in total. The Labute approximate surface area is 127 Å². The van der Waals surface area contributed by atoms with Crippen molar-refractivity contribution in [3.05, 3.63) is 29.8 Å². The van der Waals surface area contributed by atoms with E-state index in [-0.39, 0.29) is 6.03 Å². The molecule has 2 atom stereocenters. The van der Waals surface area contributed by atoms with Gasteiger partial charge < -0.3 is 15.5 Å². The Hall–Kier alpha value is -1.55. The van der Waals surface area contributed by atoms with Crippen molar-refractivity contribution in [1.29, 1.82) is 0 Å². The topological polar surface area (TPSA) is 44.4 Å². The molecule has 21 heavy (non-hydrogen) atoms. The molecule has 1 heterocycles. The van der Waals surface area contributed by atoms with Gasteiger partial charge in [-0.05, 0) is 57.4 Å². The average Bonchev–Trinajstić information content (AvgIpc) is 2.48. The molecular weight excluding hydrogens is 262 g/mol. The molecule has 2 rings (SSSR count). The zero-order valence-corrected chi connectivity index (χ0v) is 13.4. The first-order valence-corrected chi connectivity index (χ1v) is 8.02. The summed E-state index contributed by atoms with van der Waals surface area (Å²) in [5.74, 6) is 0. The standard InChI is InChI=1S/C17H27N3O/c1-4-18-14(3)15-8-10-16(11-9-15)19-17(21)20-12-6-5-7-13(20)2/h8-11,13-14,18H,4-7,12H2,1-3H3,(H,19,21). The van der Waals surface area contributed by atoms with Crippen molar-refractivity contribution in [3.63, 3.8) is 0 Å². The molecule has 1 aromatic carbocycles. The van der Waals surface area contributed by atoms with Crippen LogP contribution < -0.4 is 10.6 Å². The quantitative estimate of drug-likeness (QED) is 0.886. The van der Waals surface area contributed by atoms with Gasteiger partial charge in [0, 0.05) is 24.3 Å². The highest BCUT2D eigenvalue weighted by atomic mass is 16.2. The van der Waals surface area contributed by atoms with Gasteiger partial charge in [0.2, 0.25) is 0 Å². The highest BCUT2D eigenvalue weighted by Gasteiger charge is 2.22. The molecular formula is C17H27N3O. The van der Waals surface area contributed by atoms with Gasteiger partial charge in [-0.3, -0.25) is 0 Å². The van der Waals surface area contributed by atoms with E-state index in [1.807, 2.05) is 17.0 Å². The smallest absolute Gasteiger partial charge is 0.322 e. The Morgan fingerprint density at radius 1 is 1.33 bits per heavy atom. The minimum atomic E-state index is 0.0229. The van der Waals surface area contributed by atoms with Crippen LogP contribution in [0.3, 0.4) is 0 Å². The molecule has 0 bridgehead atoms. The van der Waals surface area contributed by atoms with Crippen LogP contribution in [-0.4, -0.2) is 30.1 Å². The normalized spacial score (nSPS) is 20.1. The Morgan fingerprint density at radius 2 is 2.05 bits per heavy atom. The summed E-state index contributed by atoms with van der Waals surface area (Å²) in [6.07, 6.45) is 3.44. The molecule has 1 aliphatic rings. The number of carbonyl (C=O) groups excluding carboxylic acids is 1. The van der Waals surface area contributed by atoms with Crippen LogP contribution >= 0.6 is 0 Å². The predicted octanol–water partition coefficient (Wildman–Crippen LogP) is 3.76. The van der Waals surface area contributed by atoms with E-state index in [2.05, 4.69) is 43.5 Å². The zero-order valence-electron chi connectivity index (χ0n) is 13.4. The van der Waals surface area contributed by atoms with Gasteiger partial charge in [-0.25, -0.2) is 4.79 Å². The first kappa shape index (κ1) is 15.8. The lowest BCUT2D eigenvalue weighted by atomic mass is 10.0. The molecule has 116 valence electrons. The summed E-state index contributed by atoms with van der Waals surface area (Å²) in [7, 11) is 0. The van der Waals surface area contributed by atoms with Crippen molar-refractivity contribution in [2.45, 2.75) is 52.1 Å². The minimum absolute atomic E-state index is 0.0229. The molecule has 1 aromatic rings. The molecule has 0 spiro atoms. The third kappa shape index (κ3) is 4.21. The van der Waals surface area contributed by atoms with Crippen molar-refractivity contribution in [2.24, 2.45) is 0 Å². The number of nitrogens with one attached hydrogen (secondary N) is 2. The fraction of sp³-hybridized carbons (Fsp3) is 0.588. The molecule has 1 saturated heterocycles. The number of carbonyl (C=O) groups is 1. The van der Waals surface area contributed by atoms with Crippen molar-refractivity contribution in [2.75, 3.05) is 18.4 Å². The molecule has 0 radical (unpaired) electrons. The molecule has 0 saturated carbocycles. The second kappa shape index (κ2) is 7.46. The largest absolute Gasteiger partial charge is 0.322 e. The Kier molecular flexibility index (Phi) is 5.62. The van der Waals surface area contributed by atoms with Crippen molar-refractivity contribution in [1.82, 2.24) is 10.2 Å². The van der Waals surface area contributed by atoms with Crippen LogP contribution in [-0.2, 0) is 0 Å². The molecule has 0 aromatic heterocycles. The van der Waals surface area contributed by atoms with Gasteiger partial charge in [0.1, 0.15) is 0 Å². The molecule has 1 aliphatic heterocycles. The van der Waals surface area contributed by atoms with E-state index >= 15 is 0 Å². The number of rotatable bonds is 4. The van der Waals surface area contributed by atoms with E-state index in [1.165, 1.54) is 12.0 Å². The third-order valence-corrected chi connectivity index (χ3v) is 4.24. The monoisotopic (exact) mass is 289 g/mol. The van der Waals surface area contributed by atoms with Crippen LogP contribution in [0.2, 0.25) is 0 Å². The SMILES string of the molecule is CCNC(C)c1ccc(NC(=O)N2CCCCC2C)cc1. The van der Waals surface area contributed by atoms with Gasteiger partial charge in [-0.15, -0.1) is 0 Å². The van der Waals surface area contributed by atoms with Crippen LogP contribution in [0.5, 0.6) is 0 Å². The van der Waals surface area contributed by atoms with E-state index < -0.39 is 0 Å². The fourth-order valence-electron chi connectivity index (χ4n) is 2.87. The number of hydrogen-bond donors (Lipinski definition) is 2. The highest BCUT2D eigenvalue weighted by molar-refractivity contribution is 5.89. The molecule has 2 N–H and O–H groups in total. The molecule has 4 heteroatoms. The summed E-state index contributed by atoms with van der Waals surface area (Å²) in [5, 5.41) is 6.39. The van der Waals surface area contributed by atoms with Gasteiger partial charge in [0.15, 0.2) is 0 Å². The van der Waals surface area contributed by atoms with E-state index in [4.69, 9.17) is 0 Å². The van der Waals surface area contributed by atoms with Crippen LogP contribution in [0.15, 0.2) is 24.3 Å². The molecule has 1 fully saturated rings. The fourth-order valence-corrected chi connectivity index (χ4v) is 2.87. The number of amides is 2. The maximum absolute atomic E-state index is 12.3. The van der Waals surface area contributed by atoms with Gasteiger partial charge in [0.05, 0.1) is 0 Å². The third-order valence-electron chi connectivity index (χ3n) is 4.24. The summed E-state index contributed by atoms with van der Waals surface area (Å²) < 4.78 is 0. The first-order chi connectivity index (χ1) is 10.1. The minimum Gasteiger partial charge on any atom is -0.322 e. The van der Waals surface area contributed by atoms with E-state index in [1.54, 1.807) is 0 Å². The second-order valence-corrected chi connectivity index (χ2v) is 5.87. The summed E-state index contributed by atoms with van der Waals surface area (Å²) in [6.45, 7) is 8.19. The van der Waals surface area contributed by atoms with Crippen LogP contribution in [0.4, 0.5) is 10.5 Å². The number of hydrogen-bond acceptors (Lipinski definition) is 2. The number of benzene rings is 1. The number of nitrogens with zero attached hydrogens (tertiary/aromatic N) is 1. The molecule has 2 unspecified atom stereocenters. The van der Waals surface area contributed by atoms with Crippen LogP contribution in [0, 0.1) is 0 Å².